The molecular weight excluding hydrogens is 410 g/mol. The van der Waals surface area contributed by atoms with Crippen LogP contribution in [0.2, 0.25) is 0 Å². The third-order valence-electron chi connectivity index (χ3n) is 5.15. The Labute approximate surface area is 189 Å². The molecule has 32 heavy (non-hydrogen) atoms. The van der Waals surface area contributed by atoms with Crippen LogP contribution in [-0.4, -0.2) is 56.3 Å². The molecule has 0 aromatic heterocycles. The second-order valence-electron chi connectivity index (χ2n) is 7.62. The highest BCUT2D eigenvalue weighted by Gasteiger charge is 2.18. The van der Waals surface area contributed by atoms with E-state index in [1.165, 1.54) is 0 Å². The lowest BCUT2D eigenvalue weighted by Crippen LogP contribution is -2.38. The molecule has 1 fully saturated rings. The first kappa shape index (κ1) is 23.4. The largest absolute Gasteiger partial charge is 0.490 e. The van der Waals surface area contributed by atoms with Gasteiger partial charge in [0.05, 0.1) is 12.2 Å². The Morgan fingerprint density at radius 2 is 1.62 bits per heavy atom. The Bertz CT molecular complexity index is 890. The van der Waals surface area contributed by atoms with Gasteiger partial charge in [-0.3, -0.25) is 4.79 Å². The van der Waals surface area contributed by atoms with Gasteiger partial charge in [-0.25, -0.2) is 4.79 Å². The molecule has 0 aliphatic carbocycles. The summed E-state index contributed by atoms with van der Waals surface area (Å²) in [6.07, 6.45) is 3.22. The maximum Gasteiger partial charge on any atom is 0.338 e. The van der Waals surface area contributed by atoms with Crippen molar-refractivity contribution in [2.24, 2.45) is 0 Å². The van der Waals surface area contributed by atoms with Gasteiger partial charge in [-0.2, -0.15) is 0 Å². The first-order valence-electron chi connectivity index (χ1n) is 11.1. The summed E-state index contributed by atoms with van der Waals surface area (Å²) in [5.41, 5.74) is 1.50. The van der Waals surface area contributed by atoms with Crippen LogP contribution in [0.15, 0.2) is 42.5 Å². The van der Waals surface area contributed by atoms with Gasteiger partial charge in [0.1, 0.15) is 19.0 Å². The van der Waals surface area contributed by atoms with Gasteiger partial charge in [0.25, 0.3) is 5.91 Å². The molecule has 7 heteroatoms. The average molecular weight is 442 g/mol. The van der Waals surface area contributed by atoms with E-state index in [0.29, 0.717) is 23.7 Å². The van der Waals surface area contributed by atoms with Gasteiger partial charge in [0, 0.05) is 13.1 Å². The van der Waals surface area contributed by atoms with E-state index >= 15 is 0 Å². The van der Waals surface area contributed by atoms with E-state index in [1.54, 1.807) is 18.2 Å². The zero-order chi connectivity index (χ0) is 22.8. The molecule has 0 bridgehead atoms. The molecule has 1 saturated heterocycles. The molecule has 3 rings (SSSR count). The van der Waals surface area contributed by atoms with E-state index in [2.05, 4.69) is 0 Å². The van der Waals surface area contributed by atoms with Crippen LogP contribution in [0.1, 0.15) is 42.1 Å². The quantitative estimate of drug-likeness (QED) is 0.410. The Morgan fingerprint density at radius 3 is 2.34 bits per heavy atom. The number of ether oxygens (including phenoxy) is 4. The van der Waals surface area contributed by atoms with Crippen LogP contribution < -0.4 is 14.2 Å². The zero-order valence-electron chi connectivity index (χ0n) is 18.8. The highest BCUT2D eigenvalue weighted by Crippen LogP contribution is 2.29. The minimum Gasteiger partial charge on any atom is -0.490 e. The van der Waals surface area contributed by atoms with Crippen LogP contribution in [0.25, 0.3) is 0 Å². The zero-order valence-corrected chi connectivity index (χ0v) is 18.8. The number of amides is 1. The highest BCUT2D eigenvalue weighted by molar-refractivity contribution is 5.90. The number of likely N-dealkylation sites (tertiary alicyclic amines) is 1. The number of carbonyl (C=O) groups excluding carboxylic acids is 2. The molecule has 0 spiro atoms. The highest BCUT2D eigenvalue weighted by atomic mass is 16.6. The maximum atomic E-state index is 12.4. The Kier molecular flexibility index (Phi) is 8.78. The molecule has 1 aliphatic heterocycles. The number of hydrogen-bond donors (Lipinski definition) is 0. The smallest absolute Gasteiger partial charge is 0.338 e. The summed E-state index contributed by atoms with van der Waals surface area (Å²) in [6, 6.07) is 12.5. The lowest BCUT2D eigenvalue weighted by Gasteiger charge is -2.26. The van der Waals surface area contributed by atoms with Gasteiger partial charge in [-0.05, 0) is 63.4 Å². The number of benzene rings is 2. The number of hydrogen-bond acceptors (Lipinski definition) is 6. The van der Waals surface area contributed by atoms with Crippen molar-refractivity contribution >= 4 is 11.9 Å². The van der Waals surface area contributed by atoms with Gasteiger partial charge in [0.15, 0.2) is 18.1 Å². The Balaban J connectivity index is 1.51. The summed E-state index contributed by atoms with van der Waals surface area (Å²) in [5.74, 6) is 1.05. The molecular formula is C25H31NO6. The number of esters is 1. The van der Waals surface area contributed by atoms with Crippen LogP contribution in [0.4, 0.5) is 0 Å². The molecule has 172 valence electrons. The van der Waals surface area contributed by atoms with Crippen LogP contribution in [0, 0.1) is 6.92 Å². The van der Waals surface area contributed by atoms with E-state index in [9.17, 15) is 9.59 Å². The number of carbonyl (C=O) groups is 2. The van der Waals surface area contributed by atoms with E-state index in [0.717, 1.165) is 43.7 Å². The molecule has 0 saturated carbocycles. The fourth-order valence-electron chi connectivity index (χ4n) is 3.41. The molecule has 2 aromatic carbocycles. The predicted molar refractivity (Wildman–Crippen MR) is 120 cm³/mol. The van der Waals surface area contributed by atoms with Gasteiger partial charge in [0.2, 0.25) is 0 Å². The predicted octanol–water partition coefficient (Wildman–Crippen LogP) is 4.02. The van der Waals surface area contributed by atoms with Crippen molar-refractivity contribution in [2.75, 3.05) is 39.5 Å². The standard InChI is InChI=1S/C25H31NO6/c1-3-29-23-17-20(25(28)31-16-15-30-21-10-7-19(2)8-11-21)9-12-22(23)32-18-24(27)26-13-5-4-6-14-26/h7-12,17H,3-6,13-16,18H2,1-2H3. The van der Waals surface area contributed by atoms with Crippen molar-refractivity contribution in [3.63, 3.8) is 0 Å². The first-order chi connectivity index (χ1) is 15.6. The number of aryl methyl sites for hydroxylation is 1. The van der Waals surface area contributed by atoms with Gasteiger partial charge >= 0.3 is 5.97 Å². The monoisotopic (exact) mass is 441 g/mol. The molecule has 1 aliphatic rings. The van der Waals surface area contributed by atoms with Crippen LogP contribution in [0.5, 0.6) is 17.2 Å². The summed E-state index contributed by atoms with van der Waals surface area (Å²) >= 11 is 0. The fourth-order valence-corrected chi connectivity index (χ4v) is 3.41. The molecule has 0 N–H and O–H groups in total. The van der Waals surface area contributed by atoms with Crippen molar-refractivity contribution in [1.29, 1.82) is 0 Å². The number of piperidine rings is 1. The Hall–Kier alpha value is -3.22. The minimum absolute atomic E-state index is 0.0378. The summed E-state index contributed by atoms with van der Waals surface area (Å²) in [5, 5.41) is 0. The van der Waals surface area contributed by atoms with Gasteiger partial charge < -0.3 is 23.8 Å². The van der Waals surface area contributed by atoms with Crippen molar-refractivity contribution in [3.05, 3.63) is 53.6 Å². The molecule has 1 amide bonds. The second kappa shape index (κ2) is 12.0. The molecule has 0 radical (unpaired) electrons. The van der Waals surface area contributed by atoms with E-state index in [1.807, 2.05) is 43.0 Å². The van der Waals surface area contributed by atoms with Crippen molar-refractivity contribution in [2.45, 2.75) is 33.1 Å². The second-order valence-corrected chi connectivity index (χ2v) is 7.62. The third kappa shape index (κ3) is 6.90. The SMILES string of the molecule is CCOc1cc(C(=O)OCCOc2ccc(C)cc2)ccc1OCC(=O)N1CCCCC1. The molecule has 0 atom stereocenters. The molecule has 7 nitrogen and oxygen atoms in total. The molecule has 1 heterocycles. The lowest BCUT2D eigenvalue weighted by atomic mass is 10.1. The van der Waals surface area contributed by atoms with Crippen LogP contribution in [-0.2, 0) is 9.53 Å². The van der Waals surface area contributed by atoms with E-state index in [4.69, 9.17) is 18.9 Å². The topological polar surface area (TPSA) is 74.3 Å². The molecule has 2 aromatic rings. The number of nitrogens with zero attached hydrogens (tertiary/aromatic N) is 1. The summed E-state index contributed by atoms with van der Waals surface area (Å²) in [6.45, 7) is 6.13. The third-order valence-corrected chi connectivity index (χ3v) is 5.15. The number of rotatable bonds is 10. The van der Waals surface area contributed by atoms with E-state index in [-0.39, 0.29) is 25.7 Å². The summed E-state index contributed by atoms with van der Waals surface area (Å²) < 4.78 is 22.2. The van der Waals surface area contributed by atoms with Gasteiger partial charge in [-0.15, -0.1) is 0 Å². The minimum atomic E-state index is -0.477. The van der Waals surface area contributed by atoms with Gasteiger partial charge in [-0.1, -0.05) is 17.7 Å². The van der Waals surface area contributed by atoms with Crippen molar-refractivity contribution in [3.8, 4) is 17.2 Å². The first-order valence-corrected chi connectivity index (χ1v) is 11.1. The maximum absolute atomic E-state index is 12.4. The molecule has 0 unspecified atom stereocenters. The van der Waals surface area contributed by atoms with E-state index < -0.39 is 5.97 Å². The van der Waals surface area contributed by atoms with Crippen LogP contribution >= 0.6 is 0 Å². The lowest BCUT2D eigenvalue weighted by molar-refractivity contribution is -0.134. The van der Waals surface area contributed by atoms with Crippen LogP contribution in [0.3, 0.4) is 0 Å². The van der Waals surface area contributed by atoms with Crippen molar-refractivity contribution < 1.29 is 28.5 Å². The Morgan fingerprint density at radius 1 is 0.875 bits per heavy atom. The average Bonchev–Trinajstić information content (AvgIpc) is 2.82. The normalized spacial score (nSPS) is 13.4. The fraction of sp³-hybridized carbons (Fsp3) is 0.440. The van der Waals surface area contributed by atoms with Crippen molar-refractivity contribution in [1.82, 2.24) is 4.90 Å². The summed E-state index contributed by atoms with van der Waals surface area (Å²) in [7, 11) is 0. The summed E-state index contributed by atoms with van der Waals surface area (Å²) in [4.78, 5) is 26.6.